The number of ether oxygens (including phenoxy) is 1. The summed E-state index contributed by atoms with van der Waals surface area (Å²) in [5.74, 6) is 0.619. The number of hydrazone groups is 1. The van der Waals surface area contributed by atoms with Crippen LogP contribution in [0.5, 0.6) is 5.75 Å². The molecule has 0 spiro atoms. The first-order valence-corrected chi connectivity index (χ1v) is 12.7. The van der Waals surface area contributed by atoms with Crippen LogP contribution in [-0.4, -0.2) is 28.5 Å². The molecule has 190 valence electrons. The summed E-state index contributed by atoms with van der Waals surface area (Å²) < 4.78 is 7.32. The standard InChI is InChI=1S/C33H26N4O2/c1-23-20-25(18-19-30(23)39-2)31-26(22-36(34-31)27-14-8-4-9-15-27)21-29-32(24-12-6-3-7-13-24)35-37(33(29)38)28-16-10-5-11-17-28/h3-22H,1-2H3/b29-21-. The number of amides is 1. The number of hydrogen-bond donors (Lipinski definition) is 0. The van der Waals surface area contributed by atoms with Gasteiger partial charge < -0.3 is 4.74 Å². The van der Waals surface area contributed by atoms with Crippen molar-refractivity contribution < 1.29 is 9.53 Å². The molecule has 1 amide bonds. The molecule has 4 aromatic carbocycles. The molecule has 39 heavy (non-hydrogen) atoms. The van der Waals surface area contributed by atoms with Gasteiger partial charge in [-0.05, 0) is 61.0 Å². The average molecular weight is 511 g/mol. The fourth-order valence-corrected chi connectivity index (χ4v) is 4.71. The van der Waals surface area contributed by atoms with Gasteiger partial charge in [0.05, 0.1) is 29.8 Å². The number of hydrogen-bond acceptors (Lipinski definition) is 4. The second-order valence-corrected chi connectivity index (χ2v) is 9.22. The van der Waals surface area contributed by atoms with Crippen molar-refractivity contribution in [2.45, 2.75) is 6.92 Å². The van der Waals surface area contributed by atoms with Crippen LogP contribution >= 0.6 is 0 Å². The van der Waals surface area contributed by atoms with Gasteiger partial charge in [-0.25, -0.2) is 4.68 Å². The largest absolute Gasteiger partial charge is 0.496 e. The molecule has 0 N–H and O–H groups in total. The summed E-state index contributed by atoms with van der Waals surface area (Å²) in [6, 6.07) is 35.2. The molecule has 0 aliphatic carbocycles. The molecule has 1 aliphatic heterocycles. The van der Waals surface area contributed by atoms with E-state index >= 15 is 0 Å². The molecule has 1 aliphatic rings. The molecule has 5 aromatic rings. The van der Waals surface area contributed by atoms with Crippen molar-refractivity contribution in [3.8, 4) is 22.7 Å². The molecule has 0 bridgehead atoms. The van der Waals surface area contributed by atoms with Crippen molar-refractivity contribution in [1.29, 1.82) is 0 Å². The van der Waals surface area contributed by atoms with E-state index in [1.165, 1.54) is 5.01 Å². The van der Waals surface area contributed by atoms with Crippen LogP contribution in [-0.2, 0) is 4.79 Å². The van der Waals surface area contributed by atoms with Crippen molar-refractivity contribution >= 4 is 23.4 Å². The van der Waals surface area contributed by atoms with Gasteiger partial charge in [-0.1, -0.05) is 66.7 Å². The highest BCUT2D eigenvalue weighted by atomic mass is 16.5. The van der Waals surface area contributed by atoms with Gasteiger partial charge in [-0.15, -0.1) is 0 Å². The van der Waals surface area contributed by atoms with Gasteiger partial charge in [0.15, 0.2) is 0 Å². The fourth-order valence-electron chi connectivity index (χ4n) is 4.71. The van der Waals surface area contributed by atoms with E-state index < -0.39 is 0 Å². The van der Waals surface area contributed by atoms with Crippen LogP contribution in [0.25, 0.3) is 23.0 Å². The van der Waals surface area contributed by atoms with Crippen LogP contribution < -0.4 is 9.75 Å². The number of nitrogens with zero attached hydrogens (tertiary/aromatic N) is 4. The van der Waals surface area contributed by atoms with Crippen molar-refractivity contribution in [2.24, 2.45) is 5.10 Å². The number of carbonyl (C=O) groups excluding carboxylic acids is 1. The maximum Gasteiger partial charge on any atom is 0.281 e. The predicted octanol–water partition coefficient (Wildman–Crippen LogP) is 6.69. The van der Waals surface area contributed by atoms with Crippen LogP contribution in [0.3, 0.4) is 0 Å². The first-order chi connectivity index (χ1) is 19.1. The van der Waals surface area contributed by atoms with E-state index in [0.29, 0.717) is 17.0 Å². The van der Waals surface area contributed by atoms with E-state index in [9.17, 15) is 4.79 Å². The maximum atomic E-state index is 13.9. The number of methoxy groups -OCH3 is 1. The average Bonchev–Trinajstić information content (AvgIpc) is 3.56. The first-order valence-electron chi connectivity index (χ1n) is 12.7. The minimum absolute atomic E-state index is 0.190. The number of anilines is 1. The quantitative estimate of drug-likeness (QED) is 0.239. The van der Waals surface area contributed by atoms with E-state index in [1.54, 1.807) is 7.11 Å². The topological polar surface area (TPSA) is 59.7 Å². The number of aryl methyl sites for hydroxylation is 1. The zero-order valence-corrected chi connectivity index (χ0v) is 21.7. The minimum Gasteiger partial charge on any atom is -0.496 e. The first kappa shape index (κ1) is 24.1. The SMILES string of the molecule is COc1ccc(-c2nn(-c3ccccc3)cc2/C=C2\C(=O)N(c3ccccc3)N=C2c2ccccc2)cc1C. The Morgan fingerprint density at radius 1 is 0.769 bits per heavy atom. The van der Waals surface area contributed by atoms with Gasteiger partial charge in [0.1, 0.15) is 11.5 Å². The summed E-state index contributed by atoms with van der Waals surface area (Å²) in [5.41, 5.74) is 7.13. The summed E-state index contributed by atoms with van der Waals surface area (Å²) in [4.78, 5) is 13.9. The monoisotopic (exact) mass is 510 g/mol. The van der Waals surface area contributed by atoms with Crippen LogP contribution in [0.4, 0.5) is 5.69 Å². The number of carbonyl (C=O) groups is 1. The van der Waals surface area contributed by atoms with Crippen LogP contribution in [0.1, 0.15) is 16.7 Å². The number of rotatable bonds is 6. The lowest BCUT2D eigenvalue weighted by molar-refractivity contribution is -0.114. The Balaban J connectivity index is 1.53. The number of benzene rings is 4. The Kier molecular flexibility index (Phi) is 6.35. The Labute approximate surface area is 227 Å². The Morgan fingerprint density at radius 3 is 2.05 bits per heavy atom. The van der Waals surface area contributed by atoms with Crippen molar-refractivity contribution in [1.82, 2.24) is 9.78 Å². The third kappa shape index (κ3) is 4.64. The molecule has 0 unspecified atom stereocenters. The second kappa shape index (κ2) is 10.3. The molecular formula is C33H26N4O2. The third-order valence-corrected chi connectivity index (χ3v) is 6.66. The van der Waals surface area contributed by atoms with E-state index in [4.69, 9.17) is 14.9 Å². The zero-order valence-electron chi connectivity index (χ0n) is 21.7. The highest BCUT2D eigenvalue weighted by Crippen LogP contribution is 2.32. The third-order valence-electron chi connectivity index (χ3n) is 6.66. The molecule has 1 aromatic heterocycles. The number of aromatic nitrogens is 2. The molecule has 0 atom stereocenters. The van der Waals surface area contributed by atoms with E-state index in [2.05, 4.69) is 6.07 Å². The van der Waals surface area contributed by atoms with Gasteiger partial charge >= 0.3 is 0 Å². The summed E-state index contributed by atoms with van der Waals surface area (Å²) >= 11 is 0. The summed E-state index contributed by atoms with van der Waals surface area (Å²) in [7, 11) is 1.66. The second-order valence-electron chi connectivity index (χ2n) is 9.22. The lowest BCUT2D eigenvalue weighted by Gasteiger charge is -2.11. The van der Waals surface area contributed by atoms with Crippen molar-refractivity contribution in [3.05, 3.63) is 138 Å². The summed E-state index contributed by atoms with van der Waals surface area (Å²) in [6.45, 7) is 2.01. The van der Waals surface area contributed by atoms with Crippen LogP contribution in [0.2, 0.25) is 0 Å². The molecule has 2 heterocycles. The molecule has 0 saturated heterocycles. The molecule has 6 nitrogen and oxygen atoms in total. The highest BCUT2D eigenvalue weighted by Gasteiger charge is 2.32. The van der Waals surface area contributed by atoms with Gasteiger partial charge in [-0.3, -0.25) is 4.79 Å². The predicted molar refractivity (Wildman–Crippen MR) is 155 cm³/mol. The molecular weight excluding hydrogens is 484 g/mol. The van der Waals surface area contributed by atoms with Gasteiger partial charge in [0.2, 0.25) is 0 Å². The Bertz CT molecular complexity index is 1710. The maximum absolute atomic E-state index is 13.9. The van der Waals surface area contributed by atoms with E-state index in [0.717, 1.165) is 39.4 Å². The molecule has 6 rings (SSSR count). The lowest BCUT2D eigenvalue weighted by atomic mass is 9.98. The van der Waals surface area contributed by atoms with Gasteiger partial charge in [0, 0.05) is 22.9 Å². The van der Waals surface area contributed by atoms with E-state index in [1.807, 2.05) is 127 Å². The Morgan fingerprint density at radius 2 is 1.41 bits per heavy atom. The van der Waals surface area contributed by atoms with Crippen LogP contribution in [0, 0.1) is 6.92 Å². The fraction of sp³-hybridized carbons (Fsp3) is 0.0606. The molecule has 6 heteroatoms. The van der Waals surface area contributed by atoms with Crippen molar-refractivity contribution in [3.63, 3.8) is 0 Å². The highest BCUT2D eigenvalue weighted by molar-refractivity contribution is 6.37. The summed E-state index contributed by atoms with van der Waals surface area (Å²) in [5, 5.41) is 11.2. The van der Waals surface area contributed by atoms with E-state index in [-0.39, 0.29) is 5.91 Å². The van der Waals surface area contributed by atoms with Crippen LogP contribution in [0.15, 0.2) is 126 Å². The molecule has 0 fully saturated rings. The Hall–Kier alpha value is -5.23. The lowest BCUT2D eigenvalue weighted by Crippen LogP contribution is -2.21. The number of para-hydroxylation sites is 2. The zero-order chi connectivity index (χ0) is 26.8. The van der Waals surface area contributed by atoms with Gasteiger partial charge in [0.25, 0.3) is 5.91 Å². The smallest absolute Gasteiger partial charge is 0.281 e. The molecule has 0 saturated carbocycles. The normalized spacial score (nSPS) is 14.1. The summed E-state index contributed by atoms with van der Waals surface area (Å²) in [6.07, 6.45) is 3.86. The van der Waals surface area contributed by atoms with Crippen molar-refractivity contribution in [2.75, 3.05) is 12.1 Å². The minimum atomic E-state index is -0.190. The van der Waals surface area contributed by atoms with Gasteiger partial charge in [-0.2, -0.15) is 15.2 Å². The molecule has 0 radical (unpaired) electrons.